The average molecular weight is 412 g/mol. The summed E-state index contributed by atoms with van der Waals surface area (Å²) in [6.45, 7) is 2.52. The molecule has 28 heavy (non-hydrogen) atoms. The SMILES string of the molecule is CCc1nnc2sc(-c3ccc(CNC(=O)Cc4ccc(Cl)cc4)cc3)nn12. The number of benzene rings is 2. The van der Waals surface area contributed by atoms with E-state index < -0.39 is 0 Å². The van der Waals surface area contributed by atoms with Crippen LogP contribution in [0.1, 0.15) is 23.9 Å². The van der Waals surface area contributed by atoms with Crippen LogP contribution in [0.15, 0.2) is 48.5 Å². The van der Waals surface area contributed by atoms with Crippen molar-refractivity contribution >= 4 is 33.8 Å². The topological polar surface area (TPSA) is 72.2 Å². The number of hydrogen-bond donors (Lipinski definition) is 1. The van der Waals surface area contributed by atoms with Gasteiger partial charge in [-0.25, -0.2) is 0 Å². The van der Waals surface area contributed by atoms with Crippen LogP contribution in [0.4, 0.5) is 0 Å². The Bertz CT molecular complexity index is 1100. The van der Waals surface area contributed by atoms with Crippen LogP contribution in [-0.2, 0) is 24.2 Å². The molecule has 0 atom stereocenters. The number of halogens is 1. The van der Waals surface area contributed by atoms with Gasteiger partial charge in [-0.1, -0.05) is 66.3 Å². The summed E-state index contributed by atoms with van der Waals surface area (Å²) in [5.41, 5.74) is 2.99. The van der Waals surface area contributed by atoms with E-state index in [-0.39, 0.29) is 5.91 Å². The zero-order valence-electron chi connectivity index (χ0n) is 15.2. The fraction of sp³-hybridized carbons (Fsp3) is 0.200. The number of fused-ring (bicyclic) bond motifs is 1. The second-order valence-corrected chi connectivity index (χ2v) is 7.74. The van der Waals surface area contributed by atoms with Crippen LogP contribution in [0.25, 0.3) is 15.5 Å². The van der Waals surface area contributed by atoms with Gasteiger partial charge < -0.3 is 5.32 Å². The second kappa shape index (κ2) is 8.08. The van der Waals surface area contributed by atoms with Crippen molar-refractivity contribution in [2.75, 3.05) is 0 Å². The Hall–Kier alpha value is -2.77. The Kier molecular flexibility index (Phi) is 5.36. The van der Waals surface area contributed by atoms with Crippen LogP contribution in [0.5, 0.6) is 0 Å². The maximum atomic E-state index is 12.1. The summed E-state index contributed by atoms with van der Waals surface area (Å²) in [6.07, 6.45) is 1.13. The van der Waals surface area contributed by atoms with E-state index in [2.05, 4.69) is 20.6 Å². The van der Waals surface area contributed by atoms with E-state index in [0.717, 1.165) is 38.9 Å². The molecule has 1 amide bonds. The highest BCUT2D eigenvalue weighted by molar-refractivity contribution is 7.19. The zero-order valence-corrected chi connectivity index (χ0v) is 16.8. The number of carbonyl (C=O) groups excluding carboxylic acids is 1. The van der Waals surface area contributed by atoms with Gasteiger partial charge >= 0.3 is 0 Å². The van der Waals surface area contributed by atoms with Gasteiger partial charge in [0.25, 0.3) is 0 Å². The van der Waals surface area contributed by atoms with E-state index in [0.29, 0.717) is 18.0 Å². The molecule has 2 aromatic heterocycles. The Labute approximate surface area is 171 Å². The summed E-state index contributed by atoms with van der Waals surface area (Å²) in [5, 5.41) is 17.4. The number of aryl methyl sites for hydroxylation is 1. The molecule has 0 aliphatic rings. The number of aromatic nitrogens is 4. The van der Waals surface area contributed by atoms with E-state index in [9.17, 15) is 4.79 Å². The summed E-state index contributed by atoms with van der Waals surface area (Å²) in [4.78, 5) is 12.9. The third kappa shape index (κ3) is 4.05. The molecule has 6 nitrogen and oxygen atoms in total. The lowest BCUT2D eigenvalue weighted by Gasteiger charge is -2.06. The molecular weight excluding hydrogens is 394 g/mol. The maximum absolute atomic E-state index is 12.1. The number of carbonyl (C=O) groups is 1. The van der Waals surface area contributed by atoms with Crippen molar-refractivity contribution in [1.82, 2.24) is 25.1 Å². The summed E-state index contributed by atoms with van der Waals surface area (Å²) < 4.78 is 1.80. The van der Waals surface area contributed by atoms with Crippen molar-refractivity contribution in [2.45, 2.75) is 26.3 Å². The molecule has 0 aliphatic heterocycles. The highest BCUT2D eigenvalue weighted by Crippen LogP contribution is 2.25. The van der Waals surface area contributed by atoms with Crippen LogP contribution >= 0.6 is 22.9 Å². The molecule has 1 N–H and O–H groups in total. The summed E-state index contributed by atoms with van der Waals surface area (Å²) in [5.74, 6) is 0.838. The van der Waals surface area contributed by atoms with Gasteiger partial charge in [-0.05, 0) is 23.3 Å². The lowest BCUT2D eigenvalue weighted by atomic mass is 10.1. The molecule has 2 heterocycles. The summed E-state index contributed by atoms with van der Waals surface area (Å²) in [7, 11) is 0. The minimum absolute atomic E-state index is 0.0212. The van der Waals surface area contributed by atoms with Gasteiger partial charge in [0.2, 0.25) is 10.9 Å². The largest absolute Gasteiger partial charge is 0.352 e. The first-order chi connectivity index (χ1) is 13.6. The predicted octanol–water partition coefficient (Wildman–Crippen LogP) is 3.93. The van der Waals surface area contributed by atoms with Crippen LogP contribution < -0.4 is 5.32 Å². The number of nitrogens with one attached hydrogen (secondary N) is 1. The van der Waals surface area contributed by atoms with Gasteiger partial charge in [0, 0.05) is 23.6 Å². The average Bonchev–Trinajstić information content (AvgIpc) is 3.29. The Morgan fingerprint density at radius 2 is 1.79 bits per heavy atom. The van der Waals surface area contributed by atoms with Crippen LogP contribution in [0, 0.1) is 0 Å². The minimum Gasteiger partial charge on any atom is -0.352 e. The van der Waals surface area contributed by atoms with Crippen LogP contribution in [-0.4, -0.2) is 25.7 Å². The molecule has 2 aromatic carbocycles. The molecule has 4 aromatic rings. The summed E-state index contributed by atoms with van der Waals surface area (Å²) in [6, 6.07) is 15.3. The predicted molar refractivity (Wildman–Crippen MR) is 110 cm³/mol. The third-order valence-electron chi connectivity index (χ3n) is 4.34. The molecule has 4 rings (SSSR count). The second-order valence-electron chi connectivity index (χ2n) is 6.35. The maximum Gasteiger partial charge on any atom is 0.234 e. The molecule has 0 saturated carbocycles. The fourth-order valence-corrected chi connectivity index (χ4v) is 3.80. The molecular formula is C20H18ClN5OS. The zero-order chi connectivity index (χ0) is 19.5. The van der Waals surface area contributed by atoms with Gasteiger partial charge in [-0.3, -0.25) is 4.79 Å². The van der Waals surface area contributed by atoms with Crippen molar-refractivity contribution < 1.29 is 4.79 Å². The first-order valence-electron chi connectivity index (χ1n) is 8.94. The normalized spacial score (nSPS) is 11.1. The molecule has 0 radical (unpaired) electrons. The molecule has 0 fully saturated rings. The smallest absolute Gasteiger partial charge is 0.234 e. The number of hydrogen-bond acceptors (Lipinski definition) is 5. The van der Waals surface area contributed by atoms with E-state index in [4.69, 9.17) is 11.6 Å². The minimum atomic E-state index is -0.0212. The highest BCUT2D eigenvalue weighted by atomic mass is 35.5. The van der Waals surface area contributed by atoms with Crippen molar-refractivity contribution in [3.05, 3.63) is 70.5 Å². The van der Waals surface area contributed by atoms with Crippen molar-refractivity contribution in [1.29, 1.82) is 0 Å². The van der Waals surface area contributed by atoms with Crippen molar-refractivity contribution in [2.24, 2.45) is 0 Å². The molecule has 0 saturated heterocycles. The first kappa shape index (κ1) is 18.6. The summed E-state index contributed by atoms with van der Waals surface area (Å²) >= 11 is 7.38. The molecule has 0 spiro atoms. The van der Waals surface area contributed by atoms with Crippen LogP contribution in [0.2, 0.25) is 5.02 Å². The first-order valence-corrected chi connectivity index (χ1v) is 10.1. The van der Waals surface area contributed by atoms with E-state index in [1.54, 1.807) is 16.6 Å². The van der Waals surface area contributed by atoms with Gasteiger partial charge in [0.1, 0.15) is 5.01 Å². The molecule has 8 heteroatoms. The Balaban J connectivity index is 1.38. The number of rotatable bonds is 6. The van der Waals surface area contributed by atoms with Gasteiger partial charge in [-0.15, -0.1) is 10.2 Å². The monoisotopic (exact) mass is 411 g/mol. The van der Waals surface area contributed by atoms with Crippen LogP contribution in [0.3, 0.4) is 0 Å². The van der Waals surface area contributed by atoms with Crippen molar-refractivity contribution in [3.63, 3.8) is 0 Å². The highest BCUT2D eigenvalue weighted by Gasteiger charge is 2.12. The van der Waals surface area contributed by atoms with E-state index in [1.807, 2.05) is 43.3 Å². The lowest BCUT2D eigenvalue weighted by Crippen LogP contribution is -2.24. The molecule has 0 bridgehead atoms. The number of amides is 1. The van der Waals surface area contributed by atoms with Gasteiger partial charge in [0.05, 0.1) is 6.42 Å². The molecule has 0 unspecified atom stereocenters. The van der Waals surface area contributed by atoms with E-state index in [1.165, 1.54) is 11.3 Å². The number of nitrogens with zero attached hydrogens (tertiary/aromatic N) is 4. The van der Waals surface area contributed by atoms with Crippen molar-refractivity contribution in [3.8, 4) is 10.6 Å². The lowest BCUT2D eigenvalue weighted by molar-refractivity contribution is -0.120. The molecule has 142 valence electrons. The molecule has 0 aliphatic carbocycles. The fourth-order valence-electron chi connectivity index (χ4n) is 2.81. The Morgan fingerprint density at radius 3 is 2.50 bits per heavy atom. The van der Waals surface area contributed by atoms with Gasteiger partial charge in [0.15, 0.2) is 5.82 Å². The van der Waals surface area contributed by atoms with E-state index >= 15 is 0 Å². The standard InChI is InChI=1S/C20H18ClN5OS/c1-2-17-23-24-20-26(17)25-19(28-20)15-7-3-14(4-8-15)12-22-18(27)11-13-5-9-16(21)10-6-13/h3-10H,2,11-12H2,1H3,(H,22,27). The third-order valence-corrected chi connectivity index (χ3v) is 5.54. The van der Waals surface area contributed by atoms with Gasteiger partial charge in [-0.2, -0.15) is 9.61 Å². The Morgan fingerprint density at radius 1 is 1.07 bits per heavy atom. The quantitative estimate of drug-likeness (QED) is 0.521.